The van der Waals surface area contributed by atoms with Gasteiger partial charge in [-0.25, -0.2) is 0 Å². The molecule has 0 saturated carbocycles. The minimum Gasteiger partial charge on any atom is -0.370 e. The molecule has 1 aromatic rings. The van der Waals surface area contributed by atoms with Crippen LogP contribution in [0.15, 0.2) is 30.3 Å². The SMILES string of the molecule is CCCC(CN)C(=O)N1CCOC(c2ccccc2)C1. The van der Waals surface area contributed by atoms with Crippen molar-refractivity contribution in [3.05, 3.63) is 35.9 Å². The minimum atomic E-state index is -0.0467. The fourth-order valence-electron chi connectivity index (χ4n) is 2.67. The van der Waals surface area contributed by atoms with Crippen molar-refractivity contribution in [1.82, 2.24) is 4.90 Å². The molecule has 1 amide bonds. The zero-order valence-electron chi connectivity index (χ0n) is 12.1. The first kappa shape index (κ1) is 15.0. The predicted molar refractivity (Wildman–Crippen MR) is 79.2 cm³/mol. The molecule has 1 fully saturated rings. The van der Waals surface area contributed by atoms with Crippen molar-refractivity contribution in [3.8, 4) is 0 Å². The first-order valence-electron chi connectivity index (χ1n) is 7.41. The first-order chi connectivity index (χ1) is 9.76. The Morgan fingerprint density at radius 1 is 1.45 bits per heavy atom. The molecule has 1 aromatic carbocycles. The van der Waals surface area contributed by atoms with Crippen LogP contribution < -0.4 is 5.73 Å². The van der Waals surface area contributed by atoms with Gasteiger partial charge in [0.1, 0.15) is 6.10 Å². The molecule has 1 aliphatic rings. The van der Waals surface area contributed by atoms with Crippen LogP contribution in [0, 0.1) is 5.92 Å². The average molecular weight is 276 g/mol. The van der Waals surface area contributed by atoms with E-state index in [1.54, 1.807) is 0 Å². The van der Waals surface area contributed by atoms with E-state index in [0.717, 1.165) is 18.4 Å². The van der Waals surface area contributed by atoms with Crippen molar-refractivity contribution in [2.45, 2.75) is 25.9 Å². The number of benzene rings is 1. The molecule has 2 atom stereocenters. The van der Waals surface area contributed by atoms with Crippen molar-refractivity contribution < 1.29 is 9.53 Å². The zero-order valence-corrected chi connectivity index (χ0v) is 12.1. The standard InChI is InChI=1S/C16H24N2O2/c1-2-6-14(11-17)16(19)18-9-10-20-15(12-18)13-7-4-3-5-8-13/h3-5,7-8,14-15H,2,6,9-12,17H2,1H3. The number of carbonyl (C=O) groups is 1. The summed E-state index contributed by atoms with van der Waals surface area (Å²) >= 11 is 0. The fourth-order valence-corrected chi connectivity index (χ4v) is 2.67. The number of hydrogen-bond acceptors (Lipinski definition) is 3. The molecule has 2 rings (SSSR count). The molecule has 0 aromatic heterocycles. The lowest BCUT2D eigenvalue weighted by molar-refractivity contribution is -0.143. The monoisotopic (exact) mass is 276 g/mol. The van der Waals surface area contributed by atoms with Gasteiger partial charge in [0, 0.05) is 13.1 Å². The molecule has 1 aliphatic heterocycles. The van der Waals surface area contributed by atoms with Gasteiger partial charge < -0.3 is 15.4 Å². The summed E-state index contributed by atoms with van der Waals surface area (Å²) in [6.45, 7) is 4.40. The molecule has 4 heteroatoms. The normalized spacial score (nSPS) is 20.7. The second kappa shape index (κ2) is 7.41. The number of nitrogens with two attached hydrogens (primary N) is 1. The van der Waals surface area contributed by atoms with E-state index in [0.29, 0.717) is 26.2 Å². The number of morpholine rings is 1. The highest BCUT2D eigenvalue weighted by atomic mass is 16.5. The Balaban J connectivity index is 2.01. The van der Waals surface area contributed by atoms with Crippen LogP contribution in [0.5, 0.6) is 0 Å². The molecular weight excluding hydrogens is 252 g/mol. The van der Waals surface area contributed by atoms with Crippen LogP contribution in [-0.2, 0) is 9.53 Å². The highest BCUT2D eigenvalue weighted by molar-refractivity contribution is 5.79. The van der Waals surface area contributed by atoms with E-state index in [9.17, 15) is 4.79 Å². The first-order valence-corrected chi connectivity index (χ1v) is 7.41. The Kier molecular flexibility index (Phi) is 5.56. The van der Waals surface area contributed by atoms with Crippen molar-refractivity contribution in [2.24, 2.45) is 11.7 Å². The van der Waals surface area contributed by atoms with Gasteiger partial charge in [0.15, 0.2) is 0 Å². The number of hydrogen-bond donors (Lipinski definition) is 1. The van der Waals surface area contributed by atoms with Crippen molar-refractivity contribution >= 4 is 5.91 Å². The van der Waals surface area contributed by atoms with E-state index in [1.165, 1.54) is 0 Å². The second-order valence-electron chi connectivity index (χ2n) is 5.28. The Morgan fingerprint density at radius 2 is 2.20 bits per heavy atom. The summed E-state index contributed by atoms with van der Waals surface area (Å²) in [5.41, 5.74) is 6.86. The molecule has 0 aliphatic carbocycles. The zero-order chi connectivity index (χ0) is 14.4. The molecule has 4 nitrogen and oxygen atoms in total. The van der Waals surface area contributed by atoms with E-state index in [1.807, 2.05) is 35.2 Å². The van der Waals surface area contributed by atoms with Crippen molar-refractivity contribution in [1.29, 1.82) is 0 Å². The summed E-state index contributed by atoms with van der Waals surface area (Å²) < 4.78 is 5.79. The van der Waals surface area contributed by atoms with Crippen LogP contribution in [0.4, 0.5) is 0 Å². The van der Waals surface area contributed by atoms with Gasteiger partial charge in [-0.3, -0.25) is 4.79 Å². The van der Waals surface area contributed by atoms with E-state index >= 15 is 0 Å². The Labute approximate surface area is 120 Å². The third kappa shape index (κ3) is 3.58. The average Bonchev–Trinajstić information content (AvgIpc) is 2.53. The number of nitrogens with zero attached hydrogens (tertiary/aromatic N) is 1. The molecule has 0 spiro atoms. The molecular formula is C16H24N2O2. The third-order valence-electron chi connectivity index (χ3n) is 3.82. The molecule has 1 saturated heterocycles. The second-order valence-corrected chi connectivity index (χ2v) is 5.28. The molecule has 2 N–H and O–H groups in total. The quantitative estimate of drug-likeness (QED) is 0.894. The molecule has 1 heterocycles. The van der Waals surface area contributed by atoms with Crippen molar-refractivity contribution in [3.63, 3.8) is 0 Å². The molecule has 20 heavy (non-hydrogen) atoms. The summed E-state index contributed by atoms with van der Waals surface area (Å²) in [6, 6.07) is 10.1. The van der Waals surface area contributed by atoms with Gasteiger partial charge >= 0.3 is 0 Å². The molecule has 110 valence electrons. The maximum Gasteiger partial charge on any atom is 0.227 e. The van der Waals surface area contributed by atoms with Gasteiger partial charge in [0.2, 0.25) is 5.91 Å². The summed E-state index contributed by atoms with van der Waals surface area (Å²) in [4.78, 5) is 14.4. The van der Waals surface area contributed by atoms with Crippen LogP contribution in [0.25, 0.3) is 0 Å². The lowest BCUT2D eigenvalue weighted by Gasteiger charge is -2.35. The highest BCUT2D eigenvalue weighted by Crippen LogP contribution is 2.23. The Hall–Kier alpha value is -1.39. The van der Waals surface area contributed by atoms with Crippen LogP contribution in [0.2, 0.25) is 0 Å². The summed E-state index contributed by atoms with van der Waals surface area (Å²) in [7, 11) is 0. The van der Waals surface area contributed by atoms with Crippen LogP contribution >= 0.6 is 0 Å². The minimum absolute atomic E-state index is 0.0195. The third-order valence-corrected chi connectivity index (χ3v) is 3.82. The summed E-state index contributed by atoms with van der Waals surface area (Å²) in [5, 5.41) is 0. The Bertz CT molecular complexity index is 422. The van der Waals surface area contributed by atoms with Gasteiger partial charge in [-0.05, 0) is 12.0 Å². The van der Waals surface area contributed by atoms with E-state index < -0.39 is 0 Å². The number of amides is 1. The molecule has 0 radical (unpaired) electrons. The summed E-state index contributed by atoms with van der Waals surface area (Å²) in [6.07, 6.45) is 1.83. The van der Waals surface area contributed by atoms with Gasteiger partial charge in [0.05, 0.1) is 19.1 Å². The highest BCUT2D eigenvalue weighted by Gasteiger charge is 2.28. The van der Waals surface area contributed by atoms with Crippen LogP contribution in [0.1, 0.15) is 31.4 Å². The maximum atomic E-state index is 12.5. The smallest absolute Gasteiger partial charge is 0.227 e. The number of carbonyl (C=O) groups excluding carboxylic acids is 1. The number of rotatable bonds is 5. The lowest BCUT2D eigenvalue weighted by atomic mass is 10.0. The predicted octanol–water partition coefficient (Wildman–Crippen LogP) is 1.96. The summed E-state index contributed by atoms with van der Waals surface area (Å²) in [5.74, 6) is 0.133. The number of ether oxygens (including phenoxy) is 1. The lowest BCUT2D eigenvalue weighted by Crippen LogP contribution is -2.46. The largest absolute Gasteiger partial charge is 0.370 e. The molecule has 2 unspecified atom stereocenters. The fraction of sp³-hybridized carbons (Fsp3) is 0.562. The Morgan fingerprint density at radius 3 is 2.85 bits per heavy atom. The van der Waals surface area contributed by atoms with Gasteiger partial charge in [-0.15, -0.1) is 0 Å². The van der Waals surface area contributed by atoms with Crippen LogP contribution in [0.3, 0.4) is 0 Å². The maximum absolute atomic E-state index is 12.5. The van der Waals surface area contributed by atoms with Gasteiger partial charge in [-0.2, -0.15) is 0 Å². The molecule has 0 bridgehead atoms. The van der Waals surface area contributed by atoms with E-state index in [2.05, 4.69) is 6.92 Å². The van der Waals surface area contributed by atoms with Gasteiger partial charge in [-0.1, -0.05) is 43.7 Å². The van der Waals surface area contributed by atoms with Crippen LogP contribution in [-0.4, -0.2) is 37.0 Å². The van der Waals surface area contributed by atoms with E-state index in [4.69, 9.17) is 10.5 Å². The van der Waals surface area contributed by atoms with Crippen molar-refractivity contribution in [2.75, 3.05) is 26.2 Å². The van der Waals surface area contributed by atoms with E-state index in [-0.39, 0.29) is 17.9 Å². The van der Waals surface area contributed by atoms with Gasteiger partial charge in [0.25, 0.3) is 0 Å². The topological polar surface area (TPSA) is 55.6 Å².